The van der Waals surface area contributed by atoms with Gasteiger partial charge in [-0.2, -0.15) is 10.2 Å². The van der Waals surface area contributed by atoms with E-state index in [0.717, 1.165) is 22.4 Å². The maximum Gasteiger partial charge on any atom is 0.256 e. The number of nitrogen functional groups attached to an aromatic ring is 1. The molecule has 0 aliphatic rings. The van der Waals surface area contributed by atoms with Crippen molar-refractivity contribution in [2.45, 2.75) is 26.9 Å². The number of aryl methyl sites for hydroxylation is 3. The molecule has 3 heterocycles. The van der Waals surface area contributed by atoms with E-state index in [2.05, 4.69) is 25.8 Å². The quantitative estimate of drug-likeness (QED) is 0.390. The highest BCUT2D eigenvalue weighted by Crippen LogP contribution is 2.15. The van der Waals surface area contributed by atoms with Gasteiger partial charge in [0.15, 0.2) is 5.82 Å². The number of hydrogen-bond donors (Lipinski definition) is 3. The number of benzene rings is 1. The predicted molar refractivity (Wildman–Crippen MR) is 128 cm³/mol. The normalized spacial score (nSPS) is 10.8. The number of carbonyl (C=O) groups is 2. The zero-order valence-electron chi connectivity index (χ0n) is 19.2. The molecule has 2 amide bonds. The summed E-state index contributed by atoms with van der Waals surface area (Å²) >= 11 is 0. The second kappa shape index (κ2) is 9.57. The van der Waals surface area contributed by atoms with Crippen molar-refractivity contribution >= 4 is 23.5 Å². The van der Waals surface area contributed by atoms with Crippen molar-refractivity contribution in [2.75, 3.05) is 11.1 Å². The lowest BCUT2D eigenvalue weighted by atomic mass is 10.1. The van der Waals surface area contributed by atoms with E-state index in [1.54, 1.807) is 53.1 Å². The van der Waals surface area contributed by atoms with Gasteiger partial charge >= 0.3 is 0 Å². The van der Waals surface area contributed by atoms with Gasteiger partial charge in [-0.25, -0.2) is 4.98 Å². The number of carbonyl (C=O) groups excluding carboxylic acids is 2. The van der Waals surface area contributed by atoms with Crippen LogP contribution in [0.4, 0.5) is 11.6 Å². The van der Waals surface area contributed by atoms with Crippen molar-refractivity contribution in [2.24, 2.45) is 7.05 Å². The van der Waals surface area contributed by atoms with Crippen molar-refractivity contribution in [1.29, 1.82) is 0 Å². The molecule has 0 atom stereocenters. The Morgan fingerprint density at radius 2 is 1.82 bits per heavy atom. The van der Waals surface area contributed by atoms with Crippen LogP contribution in [0, 0.1) is 13.8 Å². The summed E-state index contributed by atoms with van der Waals surface area (Å²) in [5.41, 5.74) is 10.4. The molecule has 10 heteroatoms. The summed E-state index contributed by atoms with van der Waals surface area (Å²) < 4.78 is 3.30. The molecule has 0 radical (unpaired) electrons. The summed E-state index contributed by atoms with van der Waals surface area (Å²) in [5, 5.41) is 14.1. The smallest absolute Gasteiger partial charge is 0.256 e. The molecular formula is C24H26N8O2. The summed E-state index contributed by atoms with van der Waals surface area (Å²) in [4.78, 5) is 29.2. The Kier molecular flexibility index (Phi) is 6.39. The van der Waals surface area contributed by atoms with Gasteiger partial charge in [0.25, 0.3) is 11.8 Å². The van der Waals surface area contributed by atoms with Crippen LogP contribution >= 0.6 is 0 Å². The second-order valence-electron chi connectivity index (χ2n) is 8.06. The number of nitrogens with one attached hydrogen (secondary N) is 2. The standard InChI is InChI=1S/C24H26N8O2/c1-15-10-21(25)28-16(2)20(15)12-26-23(33)19-11-27-32(14-19)13-17-4-6-18(7-5-17)24(34)29-22-8-9-31(3)30-22/h4-11,14H,12-13H2,1-3H3,(H2,25,28)(H,26,33)(H,29,30,34). The van der Waals surface area contributed by atoms with Crippen LogP contribution in [0.3, 0.4) is 0 Å². The Labute approximate surface area is 196 Å². The maximum absolute atomic E-state index is 12.6. The van der Waals surface area contributed by atoms with Crippen molar-refractivity contribution in [1.82, 2.24) is 29.9 Å². The van der Waals surface area contributed by atoms with Crippen LogP contribution in [0.5, 0.6) is 0 Å². The van der Waals surface area contributed by atoms with Crippen molar-refractivity contribution in [3.8, 4) is 0 Å². The summed E-state index contributed by atoms with van der Waals surface area (Å²) in [7, 11) is 1.79. The van der Waals surface area contributed by atoms with E-state index in [-0.39, 0.29) is 11.8 Å². The van der Waals surface area contributed by atoms with Crippen LogP contribution in [0.25, 0.3) is 0 Å². The molecule has 0 saturated carbocycles. The van der Waals surface area contributed by atoms with Crippen molar-refractivity contribution in [3.05, 3.63) is 88.5 Å². The van der Waals surface area contributed by atoms with Gasteiger partial charge in [-0.05, 0) is 48.7 Å². The van der Waals surface area contributed by atoms with Gasteiger partial charge in [0.2, 0.25) is 0 Å². The Morgan fingerprint density at radius 3 is 2.50 bits per heavy atom. The van der Waals surface area contributed by atoms with Crippen LogP contribution in [-0.4, -0.2) is 36.4 Å². The van der Waals surface area contributed by atoms with E-state index in [1.165, 1.54) is 6.20 Å². The topological polar surface area (TPSA) is 133 Å². The first kappa shape index (κ1) is 22.7. The molecule has 3 aromatic heterocycles. The molecule has 0 unspecified atom stereocenters. The third kappa shape index (κ3) is 5.29. The van der Waals surface area contributed by atoms with Gasteiger partial charge in [0.1, 0.15) is 5.82 Å². The minimum Gasteiger partial charge on any atom is -0.384 e. The van der Waals surface area contributed by atoms with E-state index in [0.29, 0.717) is 35.9 Å². The van der Waals surface area contributed by atoms with Crippen LogP contribution in [0.15, 0.2) is 55.0 Å². The Bertz CT molecular complexity index is 1310. The maximum atomic E-state index is 12.6. The molecule has 0 aliphatic carbocycles. The predicted octanol–water partition coefficient (Wildman–Crippen LogP) is 2.44. The van der Waals surface area contributed by atoms with Crippen molar-refractivity contribution in [3.63, 3.8) is 0 Å². The van der Waals surface area contributed by atoms with Crippen LogP contribution in [0.2, 0.25) is 0 Å². The van der Waals surface area contributed by atoms with E-state index in [9.17, 15) is 9.59 Å². The third-order valence-corrected chi connectivity index (χ3v) is 5.41. The number of aromatic nitrogens is 5. The highest BCUT2D eigenvalue weighted by Gasteiger charge is 2.12. The Hall–Kier alpha value is -4.47. The fourth-order valence-corrected chi connectivity index (χ4v) is 3.61. The van der Waals surface area contributed by atoms with Crippen LogP contribution in [0.1, 0.15) is 43.1 Å². The number of nitrogens with zero attached hydrogens (tertiary/aromatic N) is 5. The Morgan fingerprint density at radius 1 is 1.06 bits per heavy atom. The van der Waals surface area contributed by atoms with Crippen LogP contribution in [-0.2, 0) is 20.1 Å². The molecule has 10 nitrogen and oxygen atoms in total. The van der Waals surface area contributed by atoms with Crippen LogP contribution < -0.4 is 16.4 Å². The first-order chi connectivity index (χ1) is 16.3. The average Bonchev–Trinajstić information content (AvgIpc) is 3.42. The highest BCUT2D eigenvalue weighted by molar-refractivity contribution is 6.03. The first-order valence-electron chi connectivity index (χ1n) is 10.7. The zero-order chi connectivity index (χ0) is 24.2. The molecule has 34 heavy (non-hydrogen) atoms. The minimum absolute atomic E-state index is 0.219. The minimum atomic E-state index is -0.231. The molecule has 4 aromatic rings. The summed E-state index contributed by atoms with van der Waals surface area (Å²) in [6.07, 6.45) is 4.98. The fraction of sp³-hybridized carbons (Fsp3) is 0.208. The molecule has 0 fully saturated rings. The number of pyridine rings is 1. The lowest BCUT2D eigenvalue weighted by Crippen LogP contribution is -2.23. The molecule has 0 bridgehead atoms. The molecule has 174 valence electrons. The molecule has 0 aliphatic heterocycles. The van der Waals surface area contributed by atoms with Gasteiger partial charge in [0, 0.05) is 43.3 Å². The number of rotatable bonds is 7. The van der Waals surface area contributed by atoms with Gasteiger partial charge < -0.3 is 16.4 Å². The van der Waals surface area contributed by atoms with E-state index >= 15 is 0 Å². The first-order valence-corrected chi connectivity index (χ1v) is 10.7. The molecule has 0 spiro atoms. The molecular weight excluding hydrogens is 432 g/mol. The molecule has 1 aromatic carbocycles. The number of amides is 2. The average molecular weight is 459 g/mol. The summed E-state index contributed by atoms with van der Waals surface area (Å²) in [6, 6.07) is 10.7. The van der Waals surface area contributed by atoms with Gasteiger partial charge in [-0.3, -0.25) is 19.0 Å². The highest BCUT2D eigenvalue weighted by atomic mass is 16.2. The number of anilines is 2. The lowest BCUT2D eigenvalue weighted by molar-refractivity contribution is 0.0950. The van der Waals surface area contributed by atoms with E-state index < -0.39 is 0 Å². The number of nitrogens with two attached hydrogens (primary N) is 1. The SMILES string of the molecule is Cc1cc(N)nc(C)c1CNC(=O)c1cnn(Cc2ccc(C(=O)Nc3ccn(C)n3)cc2)c1. The lowest BCUT2D eigenvalue weighted by Gasteiger charge is -2.11. The molecule has 0 saturated heterocycles. The number of hydrogen-bond acceptors (Lipinski definition) is 6. The monoisotopic (exact) mass is 458 g/mol. The fourth-order valence-electron chi connectivity index (χ4n) is 3.61. The summed E-state index contributed by atoms with van der Waals surface area (Å²) in [5.74, 6) is 0.513. The zero-order valence-corrected chi connectivity index (χ0v) is 19.2. The third-order valence-electron chi connectivity index (χ3n) is 5.41. The van der Waals surface area contributed by atoms with Gasteiger partial charge in [-0.15, -0.1) is 0 Å². The molecule has 4 rings (SSSR count). The van der Waals surface area contributed by atoms with Crippen molar-refractivity contribution < 1.29 is 9.59 Å². The van der Waals surface area contributed by atoms with E-state index in [4.69, 9.17) is 5.73 Å². The molecule has 4 N–H and O–H groups in total. The van der Waals surface area contributed by atoms with Gasteiger partial charge in [0.05, 0.1) is 18.3 Å². The second-order valence-corrected chi connectivity index (χ2v) is 8.06. The largest absolute Gasteiger partial charge is 0.384 e. The van der Waals surface area contributed by atoms with Gasteiger partial charge in [-0.1, -0.05) is 12.1 Å². The Balaban J connectivity index is 1.34. The summed E-state index contributed by atoms with van der Waals surface area (Å²) in [6.45, 7) is 4.64. The van der Waals surface area contributed by atoms with E-state index in [1.807, 2.05) is 26.0 Å².